The van der Waals surface area contributed by atoms with Crippen LogP contribution in [-0.4, -0.2) is 39.9 Å². The number of hydrogen-bond donors (Lipinski definition) is 0. The topological polar surface area (TPSA) is 103 Å². The van der Waals surface area contributed by atoms with Gasteiger partial charge >= 0.3 is 0 Å². The number of benzene rings is 16. The van der Waals surface area contributed by atoms with Crippen molar-refractivity contribution in [2.75, 3.05) is 0 Å². The fourth-order valence-electron chi connectivity index (χ4n) is 14.7. The highest BCUT2D eigenvalue weighted by Gasteiger charge is 2.20. The van der Waals surface area contributed by atoms with E-state index in [2.05, 4.69) is 315 Å². The Hall–Kier alpha value is -14.6. The fraction of sp³-hybridized carbons (Fsp3) is 0. The number of rotatable bonds is 12. The standard InChI is InChI=1S/2C50H32N4/c1-3-12-33(13-4-1)34-24-28-39(29-25-34)49-52-48(38-15-5-2-6-16-38)53-50(54-49)41-18-11-17-40(32-41)35-22-26-37(27-23-35)47-46-42-19-8-7-14-36(42)30-31-44(46)43-20-9-10-21-45(43)51-47;1-3-12-33(13-4-1)34-24-28-39(29-25-34)49-52-48(38-15-5-2-6-16-38)53-50(54-49)41-18-11-17-40(32-41)35-22-26-37(27-23-35)46-44-21-10-9-20-43(44)45-31-30-36-14-7-8-19-42(36)47(45)51-46/h2*1-32H. The number of aromatic nitrogens is 8. The van der Waals surface area contributed by atoms with E-state index in [4.69, 9.17) is 39.9 Å². The molecule has 8 nitrogen and oxygen atoms in total. The summed E-state index contributed by atoms with van der Waals surface area (Å²) in [5.41, 5.74) is 20.7. The molecular formula is C100H64N8. The van der Waals surface area contributed by atoms with Gasteiger partial charge in [0.1, 0.15) is 0 Å². The van der Waals surface area contributed by atoms with Crippen LogP contribution < -0.4 is 0 Å². The van der Waals surface area contributed by atoms with Crippen molar-refractivity contribution in [3.8, 4) is 135 Å². The fourth-order valence-corrected chi connectivity index (χ4v) is 14.7. The summed E-state index contributed by atoms with van der Waals surface area (Å²) >= 11 is 0. The van der Waals surface area contributed by atoms with Crippen LogP contribution >= 0.6 is 0 Å². The van der Waals surface area contributed by atoms with Gasteiger partial charge in [0.05, 0.1) is 22.4 Å². The maximum Gasteiger partial charge on any atom is 0.164 e. The molecule has 20 aromatic rings. The summed E-state index contributed by atoms with van der Waals surface area (Å²) in [6.07, 6.45) is 0. The van der Waals surface area contributed by atoms with Gasteiger partial charge in [-0.2, -0.15) is 0 Å². The quantitative estimate of drug-likeness (QED) is 0.111. The highest BCUT2D eigenvalue weighted by Crippen LogP contribution is 2.41. The van der Waals surface area contributed by atoms with Crippen molar-refractivity contribution >= 4 is 64.9 Å². The second-order valence-corrected chi connectivity index (χ2v) is 26.9. The van der Waals surface area contributed by atoms with Gasteiger partial charge in [-0.3, -0.25) is 0 Å². The maximum atomic E-state index is 5.32. The lowest BCUT2D eigenvalue weighted by atomic mass is 9.94. The van der Waals surface area contributed by atoms with Crippen LogP contribution in [0.5, 0.6) is 0 Å². The predicted octanol–water partition coefficient (Wildman–Crippen LogP) is 25.5. The zero-order valence-corrected chi connectivity index (χ0v) is 58.5. The van der Waals surface area contributed by atoms with Gasteiger partial charge in [0.15, 0.2) is 34.9 Å². The van der Waals surface area contributed by atoms with Crippen molar-refractivity contribution in [2.24, 2.45) is 0 Å². The molecule has 0 fully saturated rings. The lowest BCUT2D eigenvalue weighted by molar-refractivity contribution is 1.07. The Morgan fingerprint density at radius 1 is 0.139 bits per heavy atom. The average molecular weight is 1380 g/mol. The molecule has 20 rings (SSSR count). The maximum absolute atomic E-state index is 5.32. The van der Waals surface area contributed by atoms with Gasteiger partial charge < -0.3 is 0 Å². The molecule has 4 heterocycles. The van der Waals surface area contributed by atoms with Crippen molar-refractivity contribution in [3.05, 3.63) is 388 Å². The van der Waals surface area contributed by atoms with Crippen LogP contribution in [0.15, 0.2) is 388 Å². The molecule has 16 aromatic carbocycles. The van der Waals surface area contributed by atoms with Gasteiger partial charge in [0.2, 0.25) is 0 Å². The van der Waals surface area contributed by atoms with Crippen molar-refractivity contribution in [1.29, 1.82) is 0 Å². The monoisotopic (exact) mass is 1380 g/mol. The Kier molecular flexibility index (Phi) is 16.8. The molecule has 0 atom stereocenters. The van der Waals surface area contributed by atoms with Crippen molar-refractivity contribution < 1.29 is 0 Å². The van der Waals surface area contributed by atoms with Gasteiger partial charge in [0.25, 0.3) is 0 Å². The molecule has 0 radical (unpaired) electrons. The lowest BCUT2D eigenvalue weighted by Crippen LogP contribution is -2.00. The van der Waals surface area contributed by atoms with Crippen LogP contribution in [0.3, 0.4) is 0 Å². The molecule has 504 valence electrons. The van der Waals surface area contributed by atoms with Gasteiger partial charge in [-0.05, 0) is 89.6 Å². The molecule has 0 unspecified atom stereocenters. The summed E-state index contributed by atoms with van der Waals surface area (Å²) in [4.78, 5) is 40.5. The number of pyridine rings is 2. The minimum absolute atomic E-state index is 0.628. The number of hydrogen-bond acceptors (Lipinski definition) is 8. The van der Waals surface area contributed by atoms with E-state index in [1.807, 2.05) is 72.8 Å². The smallest absolute Gasteiger partial charge is 0.164 e. The lowest BCUT2D eigenvalue weighted by Gasteiger charge is -2.13. The molecule has 0 saturated carbocycles. The van der Waals surface area contributed by atoms with Crippen LogP contribution in [-0.2, 0) is 0 Å². The molecule has 4 aromatic heterocycles. The van der Waals surface area contributed by atoms with Crippen LogP contribution in [0.25, 0.3) is 200 Å². The van der Waals surface area contributed by atoms with Gasteiger partial charge in [-0.1, -0.05) is 370 Å². The highest BCUT2D eigenvalue weighted by molar-refractivity contribution is 6.21. The van der Waals surface area contributed by atoms with E-state index in [0.29, 0.717) is 34.9 Å². The normalized spacial score (nSPS) is 11.3. The molecule has 0 amide bonds. The minimum atomic E-state index is 0.628. The first kappa shape index (κ1) is 64.3. The summed E-state index contributed by atoms with van der Waals surface area (Å²) < 4.78 is 0. The summed E-state index contributed by atoms with van der Waals surface area (Å²) in [5, 5.41) is 11.8. The van der Waals surface area contributed by atoms with Gasteiger partial charge in [0, 0.05) is 71.4 Å². The van der Waals surface area contributed by atoms with Crippen LogP contribution in [0.1, 0.15) is 0 Å². The molecule has 0 bridgehead atoms. The Morgan fingerprint density at radius 3 is 0.926 bits per heavy atom. The summed E-state index contributed by atoms with van der Waals surface area (Å²) in [7, 11) is 0. The molecule has 0 N–H and O–H groups in total. The molecule has 0 aliphatic rings. The second kappa shape index (κ2) is 28.2. The first-order valence-electron chi connectivity index (χ1n) is 36.3. The van der Waals surface area contributed by atoms with Gasteiger partial charge in [-0.25, -0.2) is 39.9 Å². The SMILES string of the molecule is c1ccc(-c2ccc(-c3nc(-c4ccccc4)nc(-c4cccc(-c5ccc(-c6nc7c8ccccc8ccc7c7ccccc67)cc5)c4)n3)cc2)cc1.c1ccc(-c2ccc(-c3nc(-c4ccccc4)nc(-c4cccc(-c5ccc(-c6nc7ccccc7c7ccc8ccccc8c67)cc5)c4)n3)cc2)cc1. The average Bonchev–Trinajstić information content (AvgIpc) is 0.749. The van der Waals surface area contributed by atoms with E-state index in [9.17, 15) is 0 Å². The summed E-state index contributed by atoms with van der Waals surface area (Å²) in [5.74, 6) is 3.80. The van der Waals surface area contributed by atoms with E-state index < -0.39 is 0 Å². The molecular weight excluding hydrogens is 1310 g/mol. The van der Waals surface area contributed by atoms with E-state index in [-0.39, 0.29) is 0 Å². The Morgan fingerprint density at radius 2 is 0.444 bits per heavy atom. The third kappa shape index (κ3) is 12.6. The van der Waals surface area contributed by atoms with Crippen molar-refractivity contribution in [2.45, 2.75) is 0 Å². The van der Waals surface area contributed by atoms with Crippen LogP contribution in [0, 0.1) is 0 Å². The zero-order valence-electron chi connectivity index (χ0n) is 58.5. The van der Waals surface area contributed by atoms with E-state index in [1.54, 1.807) is 0 Å². The molecule has 0 aliphatic carbocycles. The zero-order chi connectivity index (χ0) is 71.7. The van der Waals surface area contributed by atoms with Crippen LogP contribution in [0.2, 0.25) is 0 Å². The third-order valence-electron chi connectivity index (χ3n) is 20.2. The third-order valence-corrected chi connectivity index (χ3v) is 20.2. The number of nitrogens with zero attached hydrogens (tertiary/aromatic N) is 8. The Labute approximate surface area is 624 Å². The molecule has 0 saturated heterocycles. The molecule has 0 spiro atoms. The second-order valence-electron chi connectivity index (χ2n) is 26.9. The number of para-hydroxylation sites is 1. The van der Waals surface area contributed by atoms with E-state index in [1.165, 1.54) is 48.8 Å². The first-order valence-corrected chi connectivity index (χ1v) is 36.3. The van der Waals surface area contributed by atoms with Crippen molar-refractivity contribution in [3.63, 3.8) is 0 Å². The summed E-state index contributed by atoms with van der Waals surface area (Å²) in [6, 6.07) is 135. The Bertz CT molecular complexity index is 6720. The molecule has 0 aliphatic heterocycles. The Balaban J connectivity index is 0.000000147. The van der Waals surface area contributed by atoms with Gasteiger partial charge in [-0.15, -0.1) is 0 Å². The number of fused-ring (bicyclic) bond motifs is 10. The largest absolute Gasteiger partial charge is 0.247 e. The predicted molar refractivity (Wildman–Crippen MR) is 446 cm³/mol. The van der Waals surface area contributed by atoms with Crippen LogP contribution in [0.4, 0.5) is 0 Å². The first-order chi connectivity index (χ1) is 53.5. The minimum Gasteiger partial charge on any atom is -0.247 e. The molecule has 8 heteroatoms. The molecule has 108 heavy (non-hydrogen) atoms. The highest BCUT2D eigenvalue weighted by atomic mass is 15.0. The van der Waals surface area contributed by atoms with E-state index in [0.717, 1.165) is 116 Å². The van der Waals surface area contributed by atoms with E-state index >= 15 is 0 Å². The summed E-state index contributed by atoms with van der Waals surface area (Å²) in [6.45, 7) is 0. The van der Waals surface area contributed by atoms with Crippen molar-refractivity contribution in [1.82, 2.24) is 39.9 Å².